The third kappa shape index (κ3) is 4.42. The number of ether oxygens (including phenoxy) is 1. The number of carbonyl (C=O) groups is 1. The van der Waals surface area contributed by atoms with Gasteiger partial charge in [-0.15, -0.1) is 0 Å². The molecule has 1 aromatic heterocycles. The highest BCUT2D eigenvalue weighted by Crippen LogP contribution is 2.60. The number of alkyl halides is 3. The standard InChI is InChI=1S/C22H29F3N4O4/c23-22(24,25)16-8-26-9-17(29-16)28-14-10-33-15(19(31)18(14)30)7-27-20(32)21-4-11-1-12(5-21)3-13(2-11)6-21/h8-9,11-15,18-19,30-31H,1-7,10H2,(H,27,32)(H,28,29)/t11?,12?,13?,14-,15+,18+,19-,21?/m0/s1. The molecular formula is C22H29F3N4O4. The lowest BCUT2D eigenvalue weighted by Gasteiger charge is -2.55. The number of nitrogens with zero attached hydrogens (tertiary/aromatic N) is 2. The summed E-state index contributed by atoms with van der Waals surface area (Å²) in [4.78, 5) is 20.1. The van der Waals surface area contributed by atoms with Crippen molar-refractivity contribution in [2.24, 2.45) is 23.2 Å². The number of carbonyl (C=O) groups excluding carboxylic acids is 1. The average Bonchev–Trinajstić information content (AvgIpc) is 2.75. The van der Waals surface area contributed by atoms with Crippen molar-refractivity contribution in [1.29, 1.82) is 0 Å². The van der Waals surface area contributed by atoms with Crippen molar-refractivity contribution < 1.29 is 32.9 Å². The second-order valence-electron chi connectivity index (χ2n) is 10.3. The van der Waals surface area contributed by atoms with Gasteiger partial charge in [0.1, 0.15) is 24.1 Å². The second kappa shape index (κ2) is 8.35. The van der Waals surface area contributed by atoms with Crippen molar-refractivity contribution in [3.05, 3.63) is 18.1 Å². The van der Waals surface area contributed by atoms with Gasteiger partial charge in [0, 0.05) is 12.0 Å². The monoisotopic (exact) mass is 470 g/mol. The number of aromatic nitrogens is 2. The summed E-state index contributed by atoms with van der Waals surface area (Å²) in [6.07, 6.45) is 0.0543. The summed E-state index contributed by atoms with van der Waals surface area (Å²) in [5.74, 6) is 1.72. The van der Waals surface area contributed by atoms with Crippen LogP contribution in [0.2, 0.25) is 0 Å². The number of anilines is 1. The Kier molecular flexibility index (Phi) is 5.77. The lowest BCUT2D eigenvalue weighted by atomic mass is 9.49. The number of hydrogen-bond donors (Lipinski definition) is 4. The number of halogens is 3. The van der Waals surface area contributed by atoms with Gasteiger partial charge in [-0.3, -0.25) is 9.78 Å². The van der Waals surface area contributed by atoms with E-state index in [1.165, 1.54) is 19.3 Å². The fraction of sp³-hybridized carbons (Fsp3) is 0.773. The maximum atomic E-state index is 13.1. The van der Waals surface area contributed by atoms with Crippen LogP contribution in [0.15, 0.2) is 12.4 Å². The number of amides is 1. The minimum Gasteiger partial charge on any atom is -0.388 e. The van der Waals surface area contributed by atoms with E-state index in [4.69, 9.17) is 4.74 Å². The minimum atomic E-state index is -4.65. The van der Waals surface area contributed by atoms with Crippen LogP contribution in [0.4, 0.5) is 19.0 Å². The summed E-state index contributed by atoms with van der Waals surface area (Å²) in [7, 11) is 0. The fourth-order valence-electron chi connectivity index (χ4n) is 6.72. The predicted octanol–water partition coefficient (Wildman–Crippen LogP) is 1.73. The SMILES string of the molecule is O=C(NC[C@H]1OC[C@H](Nc2cncc(C(F)(F)F)n2)[C@@H](O)[C@H]1O)C12CC3CC(CC(C3)C1)C2. The molecule has 1 amide bonds. The van der Waals surface area contributed by atoms with Gasteiger partial charge in [0.15, 0.2) is 5.69 Å². The Bertz CT molecular complexity index is 863. The van der Waals surface area contributed by atoms with Crippen molar-refractivity contribution in [3.8, 4) is 0 Å². The molecule has 1 saturated heterocycles. The first-order chi connectivity index (χ1) is 15.6. The number of aliphatic hydroxyl groups excluding tert-OH is 2. The maximum Gasteiger partial charge on any atom is 0.434 e. The van der Waals surface area contributed by atoms with Crippen LogP contribution < -0.4 is 10.6 Å². The molecule has 0 aromatic carbocycles. The Hall–Kier alpha value is -1.98. The van der Waals surface area contributed by atoms with E-state index in [2.05, 4.69) is 20.6 Å². The molecule has 4 bridgehead atoms. The third-order valence-corrected chi connectivity index (χ3v) is 7.87. The second-order valence-corrected chi connectivity index (χ2v) is 10.3. The van der Waals surface area contributed by atoms with E-state index >= 15 is 0 Å². The van der Waals surface area contributed by atoms with Crippen molar-refractivity contribution in [1.82, 2.24) is 15.3 Å². The van der Waals surface area contributed by atoms with E-state index in [0.29, 0.717) is 24.0 Å². The van der Waals surface area contributed by atoms with E-state index < -0.39 is 36.2 Å². The maximum absolute atomic E-state index is 13.1. The molecule has 4 atom stereocenters. The zero-order valence-corrected chi connectivity index (χ0v) is 18.1. The third-order valence-electron chi connectivity index (χ3n) is 7.87. The van der Waals surface area contributed by atoms with Crippen molar-refractivity contribution >= 4 is 11.7 Å². The molecule has 11 heteroatoms. The molecule has 1 aliphatic heterocycles. The van der Waals surface area contributed by atoms with Gasteiger partial charge in [0.2, 0.25) is 5.91 Å². The molecule has 0 spiro atoms. The van der Waals surface area contributed by atoms with Crippen molar-refractivity contribution in [2.75, 3.05) is 18.5 Å². The minimum absolute atomic E-state index is 0.00591. The van der Waals surface area contributed by atoms with E-state index in [1.807, 2.05) is 0 Å². The van der Waals surface area contributed by atoms with Crippen molar-refractivity contribution in [3.63, 3.8) is 0 Å². The number of aliphatic hydroxyl groups is 2. The molecule has 33 heavy (non-hydrogen) atoms. The normalized spacial score (nSPS) is 40.0. The van der Waals surface area contributed by atoms with Gasteiger partial charge in [-0.05, 0) is 56.3 Å². The lowest BCUT2D eigenvalue weighted by Crippen LogP contribution is -2.60. The highest BCUT2D eigenvalue weighted by molar-refractivity contribution is 5.83. The first kappa shape index (κ1) is 22.8. The van der Waals surface area contributed by atoms with Crippen LogP contribution >= 0.6 is 0 Å². The van der Waals surface area contributed by atoms with Crippen LogP contribution in [0, 0.1) is 23.2 Å². The summed E-state index contributed by atoms with van der Waals surface area (Å²) in [6, 6.07) is -0.882. The average molecular weight is 470 g/mol. The molecule has 6 rings (SSSR count). The molecule has 2 heterocycles. The van der Waals surface area contributed by atoms with Gasteiger partial charge < -0.3 is 25.6 Å². The molecule has 1 aromatic rings. The largest absolute Gasteiger partial charge is 0.434 e. The molecule has 5 fully saturated rings. The zero-order valence-electron chi connectivity index (χ0n) is 18.1. The van der Waals surface area contributed by atoms with E-state index in [9.17, 15) is 28.2 Å². The van der Waals surface area contributed by atoms with E-state index in [-0.39, 0.29) is 30.3 Å². The summed E-state index contributed by atoms with van der Waals surface area (Å²) >= 11 is 0. The quantitative estimate of drug-likeness (QED) is 0.518. The van der Waals surface area contributed by atoms with E-state index in [0.717, 1.165) is 25.5 Å². The van der Waals surface area contributed by atoms with Gasteiger partial charge in [-0.1, -0.05) is 0 Å². The van der Waals surface area contributed by atoms with E-state index in [1.54, 1.807) is 0 Å². The molecule has 5 aliphatic rings. The summed E-state index contributed by atoms with van der Waals surface area (Å²) in [5.41, 5.74) is -1.48. The summed E-state index contributed by atoms with van der Waals surface area (Å²) in [6.45, 7) is -0.0110. The predicted molar refractivity (Wildman–Crippen MR) is 110 cm³/mol. The fourth-order valence-corrected chi connectivity index (χ4v) is 6.72. The summed E-state index contributed by atoms with van der Waals surface area (Å²) in [5, 5.41) is 26.7. The Balaban J connectivity index is 1.16. The van der Waals surface area contributed by atoms with Gasteiger partial charge in [0.05, 0.1) is 25.0 Å². The first-order valence-corrected chi connectivity index (χ1v) is 11.5. The van der Waals surface area contributed by atoms with Gasteiger partial charge >= 0.3 is 6.18 Å². The van der Waals surface area contributed by atoms with Crippen LogP contribution in [0.1, 0.15) is 44.2 Å². The number of rotatable bonds is 5. The Morgan fingerprint density at radius 2 is 1.73 bits per heavy atom. The van der Waals surface area contributed by atoms with Gasteiger partial charge in [-0.25, -0.2) is 4.98 Å². The number of hydrogen-bond acceptors (Lipinski definition) is 7. The Morgan fingerprint density at radius 1 is 1.09 bits per heavy atom. The molecule has 182 valence electrons. The lowest BCUT2D eigenvalue weighted by molar-refractivity contribution is -0.153. The number of nitrogens with one attached hydrogen (secondary N) is 2. The smallest absolute Gasteiger partial charge is 0.388 e. The molecule has 4 saturated carbocycles. The highest BCUT2D eigenvalue weighted by Gasteiger charge is 2.54. The highest BCUT2D eigenvalue weighted by atomic mass is 19.4. The zero-order chi connectivity index (χ0) is 23.4. The first-order valence-electron chi connectivity index (χ1n) is 11.5. The Morgan fingerprint density at radius 3 is 2.33 bits per heavy atom. The molecule has 4 aliphatic carbocycles. The molecule has 0 radical (unpaired) electrons. The van der Waals surface area contributed by atoms with Crippen LogP contribution in [0.3, 0.4) is 0 Å². The van der Waals surface area contributed by atoms with Gasteiger partial charge in [0.25, 0.3) is 0 Å². The van der Waals surface area contributed by atoms with Crippen LogP contribution in [0.5, 0.6) is 0 Å². The van der Waals surface area contributed by atoms with Gasteiger partial charge in [-0.2, -0.15) is 13.2 Å². The molecule has 0 unspecified atom stereocenters. The Labute approximate surface area is 189 Å². The van der Waals surface area contributed by atoms with Crippen LogP contribution in [0.25, 0.3) is 0 Å². The topological polar surface area (TPSA) is 117 Å². The summed E-state index contributed by atoms with van der Waals surface area (Å²) < 4.78 is 44.2. The molecule has 4 N–H and O–H groups in total. The molecular weight excluding hydrogens is 441 g/mol. The van der Waals surface area contributed by atoms with Crippen LogP contribution in [-0.2, 0) is 15.7 Å². The van der Waals surface area contributed by atoms with Crippen LogP contribution in [-0.4, -0.2) is 63.6 Å². The molecule has 8 nitrogen and oxygen atoms in total. The van der Waals surface area contributed by atoms with Crippen molar-refractivity contribution in [2.45, 2.75) is 69.1 Å².